The standard InChI is InChI=1S/C8H9N3O/c1-5-3-6-7(10-4-9-6)11-8(5)12-2/h3-4H,1-2H3,(H,9,10,11). The third kappa shape index (κ3) is 0.922. The number of H-pyrrole nitrogens is 1. The number of aromatic amines is 1. The number of nitrogens with zero attached hydrogens (tertiary/aromatic N) is 2. The van der Waals surface area contributed by atoms with Crippen molar-refractivity contribution in [3.05, 3.63) is 18.0 Å². The highest BCUT2D eigenvalue weighted by atomic mass is 16.5. The van der Waals surface area contributed by atoms with E-state index in [1.54, 1.807) is 13.4 Å². The lowest BCUT2D eigenvalue weighted by Gasteiger charge is -2.01. The molecule has 2 aromatic rings. The fourth-order valence-corrected chi connectivity index (χ4v) is 1.16. The number of hydrogen-bond acceptors (Lipinski definition) is 3. The molecule has 1 N–H and O–H groups in total. The van der Waals surface area contributed by atoms with Gasteiger partial charge in [0.05, 0.1) is 19.0 Å². The van der Waals surface area contributed by atoms with Crippen LogP contribution in [0.1, 0.15) is 5.56 Å². The van der Waals surface area contributed by atoms with Crippen LogP contribution in [0, 0.1) is 6.92 Å². The molecule has 0 aromatic carbocycles. The van der Waals surface area contributed by atoms with E-state index in [4.69, 9.17) is 4.74 Å². The van der Waals surface area contributed by atoms with Crippen LogP contribution in [0.15, 0.2) is 12.4 Å². The van der Waals surface area contributed by atoms with E-state index in [0.29, 0.717) is 11.5 Å². The molecule has 0 atom stereocenters. The molecule has 62 valence electrons. The van der Waals surface area contributed by atoms with Crippen molar-refractivity contribution in [3.63, 3.8) is 0 Å². The second-order valence-corrected chi connectivity index (χ2v) is 2.59. The molecule has 2 aromatic heterocycles. The summed E-state index contributed by atoms with van der Waals surface area (Å²) in [5.41, 5.74) is 2.64. The number of fused-ring (bicyclic) bond motifs is 1. The number of rotatable bonds is 1. The number of nitrogens with one attached hydrogen (secondary N) is 1. The van der Waals surface area contributed by atoms with E-state index in [2.05, 4.69) is 15.0 Å². The zero-order valence-corrected chi connectivity index (χ0v) is 6.96. The van der Waals surface area contributed by atoms with E-state index in [-0.39, 0.29) is 0 Å². The molecule has 0 fully saturated rings. The maximum atomic E-state index is 5.06. The molecular weight excluding hydrogens is 154 g/mol. The van der Waals surface area contributed by atoms with Crippen molar-refractivity contribution in [2.75, 3.05) is 7.11 Å². The Balaban J connectivity index is 2.73. The summed E-state index contributed by atoms with van der Waals surface area (Å²) in [5, 5.41) is 0. The predicted molar refractivity (Wildman–Crippen MR) is 45.2 cm³/mol. The summed E-state index contributed by atoms with van der Waals surface area (Å²) in [6.45, 7) is 1.95. The van der Waals surface area contributed by atoms with E-state index < -0.39 is 0 Å². The minimum Gasteiger partial charge on any atom is -0.481 e. The summed E-state index contributed by atoms with van der Waals surface area (Å²) in [4.78, 5) is 11.2. The summed E-state index contributed by atoms with van der Waals surface area (Å²) in [7, 11) is 1.60. The van der Waals surface area contributed by atoms with E-state index in [9.17, 15) is 0 Å². The fraction of sp³-hybridized carbons (Fsp3) is 0.250. The molecule has 4 nitrogen and oxygen atoms in total. The normalized spacial score (nSPS) is 10.5. The Morgan fingerprint density at radius 2 is 2.33 bits per heavy atom. The Hall–Kier alpha value is -1.58. The summed E-state index contributed by atoms with van der Waals surface area (Å²) in [6, 6.07) is 1.97. The van der Waals surface area contributed by atoms with Gasteiger partial charge >= 0.3 is 0 Å². The minimum absolute atomic E-state index is 0.634. The molecular formula is C8H9N3O. The number of aryl methyl sites for hydroxylation is 1. The quantitative estimate of drug-likeness (QED) is 0.688. The molecule has 0 bridgehead atoms. The van der Waals surface area contributed by atoms with Crippen molar-refractivity contribution >= 4 is 11.2 Å². The smallest absolute Gasteiger partial charge is 0.218 e. The lowest BCUT2D eigenvalue weighted by Crippen LogP contribution is -1.91. The Kier molecular flexibility index (Phi) is 1.46. The van der Waals surface area contributed by atoms with Crippen LogP contribution in [0.2, 0.25) is 0 Å². The largest absolute Gasteiger partial charge is 0.481 e. The molecule has 4 heteroatoms. The Morgan fingerprint density at radius 3 is 3.08 bits per heavy atom. The summed E-state index contributed by atoms with van der Waals surface area (Å²) in [5.74, 6) is 0.634. The van der Waals surface area contributed by atoms with Gasteiger partial charge in [-0.25, -0.2) is 4.98 Å². The maximum absolute atomic E-state index is 5.06. The minimum atomic E-state index is 0.634. The predicted octanol–water partition coefficient (Wildman–Crippen LogP) is 1.27. The first-order chi connectivity index (χ1) is 5.81. The Morgan fingerprint density at radius 1 is 1.50 bits per heavy atom. The van der Waals surface area contributed by atoms with Crippen molar-refractivity contribution in [1.82, 2.24) is 15.0 Å². The average Bonchev–Trinajstić information content (AvgIpc) is 2.49. The van der Waals surface area contributed by atoms with E-state index in [1.165, 1.54) is 0 Å². The Labute approximate surface area is 69.6 Å². The molecule has 12 heavy (non-hydrogen) atoms. The SMILES string of the molecule is COc1nc2nc[nH]c2cc1C. The highest BCUT2D eigenvalue weighted by molar-refractivity contribution is 5.71. The number of hydrogen-bond donors (Lipinski definition) is 1. The summed E-state index contributed by atoms with van der Waals surface area (Å²) >= 11 is 0. The third-order valence-electron chi connectivity index (χ3n) is 1.75. The molecule has 0 aliphatic heterocycles. The highest BCUT2D eigenvalue weighted by Crippen LogP contribution is 2.17. The van der Waals surface area contributed by atoms with E-state index >= 15 is 0 Å². The number of ether oxygens (including phenoxy) is 1. The van der Waals surface area contributed by atoms with Gasteiger partial charge in [-0.2, -0.15) is 4.98 Å². The van der Waals surface area contributed by atoms with Crippen molar-refractivity contribution in [2.45, 2.75) is 6.92 Å². The molecule has 2 rings (SSSR count). The lowest BCUT2D eigenvalue weighted by atomic mass is 10.3. The van der Waals surface area contributed by atoms with Crippen LogP contribution in [0.5, 0.6) is 5.88 Å². The van der Waals surface area contributed by atoms with Gasteiger partial charge < -0.3 is 9.72 Å². The van der Waals surface area contributed by atoms with Gasteiger partial charge in [0.15, 0.2) is 5.65 Å². The first-order valence-electron chi connectivity index (χ1n) is 3.66. The number of methoxy groups -OCH3 is 1. The van der Waals surface area contributed by atoms with Gasteiger partial charge in [-0.3, -0.25) is 0 Å². The van der Waals surface area contributed by atoms with Gasteiger partial charge in [-0.15, -0.1) is 0 Å². The van der Waals surface area contributed by atoms with Crippen LogP contribution in [-0.4, -0.2) is 22.1 Å². The van der Waals surface area contributed by atoms with Crippen molar-refractivity contribution in [2.24, 2.45) is 0 Å². The average molecular weight is 163 g/mol. The monoisotopic (exact) mass is 163 g/mol. The number of imidazole rings is 1. The molecule has 0 radical (unpaired) electrons. The van der Waals surface area contributed by atoms with Crippen LogP contribution in [0.4, 0.5) is 0 Å². The van der Waals surface area contributed by atoms with Crippen LogP contribution in [-0.2, 0) is 0 Å². The van der Waals surface area contributed by atoms with E-state index in [1.807, 2.05) is 13.0 Å². The van der Waals surface area contributed by atoms with Crippen molar-refractivity contribution in [3.8, 4) is 5.88 Å². The molecule has 2 heterocycles. The topological polar surface area (TPSA) is 50.8 Å². The second kappa shape index (κ2) is 2.48. The number of pyridine rings is 1. The van der Waals surface area contributed by atoms with Crippen LogP contribution >= 0.6 is 0 Å². The van der Waals surface area contributed by atoms with Crippen molar-refractivity contribution < 1.29 is 4.74 Å². The number of aromatic nitrogens is 3. The van der Waals surface area contributed by atoms with E-state index in [0.717, 1.165) is 11.1 Å². The molecule has 0 saturated carbocycles. The van der Waals surface area contributed by atoms with Crippen LogP contribution in [0.3, 0.4) is 0 Å². The van der Waals surface area contributed by atoms with Crippen LogP contribution < -0.4 is 4.74 Å². The maximum Gasteiger partial charge on any atom is 0.218 e. The summed E-state index contributed by atoms with van der Waals surface area (Å²) in [6.07, 6.45) is 1.62. The first kappa shape index (κ1) is 7.09. The van der Waals surface area contributed by atoms with Gasteiger partial charge in [0, 0.05) is 5.56 Å². The van der Waals surface area contributed by atoms with Crippen molar-refractivity contribution in [1.29, 1.82) is 0 Å². The van der Waals surface area contributed by atoms with Gasteiger partial charge in [-0.05, 0) is 13.0 Å². The third-order valence-corrected chi connectivity index (χ3v) is 1.75. The first-order valence-corrected chi connectivity index (χ1v) is 3.66. The zero-order chi connectivity index (χ0) is 8.55. The molecule has 0 aliphatic rings. The molecule has 0 spiro atoms. The van der Waals surface area contributed by atoms with Gasteiger partial charge in [0.2, 0.25) is 5.88 Å². The molecule has 0 amide bonds. The Bertz CT molecular complexity index is 408. The van der Waals surface area contributed by atoms with Crippen LogP contribution in [0.25, 0.3) is 11.2 Å². The molecule has 0 saturated heterocycles. The lowest BCUT2D eigenvalue weighted by molar-refractivity contribution is 0.396. The fourth-order valence-electron chi connectivity index (χ4n) is 1.16. The summed E-state index contributed by atoms with van der Waals surface area (Å²) < 4.78 is 5.06. The van der Waals surface area contributed by atoms with Gasteiger partial charge in [0.1, 0.15) is 0 Å². The molecule has 0 unspecified atom stereocenters. The van der Waals surface area contributed by atoms with Gasteiger partial charge in [0.25, 0.3) is 0 Å². The zero-order valence-electron chi connectivity index (χ0n) is 6.96. The highest BCUT2D eigenvalue weighted by Gasteiger charge is 2.03. The molecule has 0 aliphatic carbocycles. The van der Waals surface area contributed by atoms with Gasteiger partial charge in [-0.1, -0.05) is 0 Å². The second-order valence-electron chi connectivity index (χ2n) is 2.59.